The van der Waals surface area contributed by atoms with Crippen LogP contribution in [0.3, 0.4) is 0 Å². The van der Waals surface area contributed by atoms with Crippen molar-refractivity contribution < 1.29 is 13.9 Å². The molecule has 126 valence electrons. The number of rotatable bonds is 5. The molecule has 1 amide bonds. The number of ether oxygens (including phenoxy) is 1. The van der Waals surface area contributed by atoms with Crippen LogP contribution in [0.25, 0.3) is 0 Å². The van der Waals surface area contributed by atoms with E-state index in [0.717, 1.165) is 36.9 Å². The van der Waals surface area contributed by atoms with E-state index >= 15 is 0 Å². The Morgan fingerprint density at radius 2 is 2.04 bits per heavy atom. The van der Waals surface area contributed by atoms with Gasteiger partial charge in [-0.05, 0) is 37.8 Å². The lowest BCUT2D eigenvalue weighted by atomic mass is 9.94. The monoisotopic (exact) mass is 330 g/mol. The number of benzene rings is 1. The molecule has 0 spiro atoms. The van der Waals surface area contributed by atoms with Gasteiger partial charge in [-0.1, -0.05) is 12.1 Å². The predicted molar refractivity (Wildman–Crippen MR) is 87.3 cm³/mol. The van der Waals surface area contributed by atoms with Gasteiger partial charge in [0.05, 0.1) is 6.54 Å². The summed E-state index contributed by atoms with van der Waals surface area (Å²) in [5.74, 6) is -0.459. The Bertz CT molecular complexity index is 751. The largest absolute Gasteiger partial charge is 0.489 e. The van der Waals surface area contributed by atoms with Crippen LogP contribution in [-0.4, -0.2) is 29.0 Å². The Hall–Kier alpha value is -2.70. The maximum atomic E-state index is 13.4. The van der Waals surface area contributed by atoms with Gasteiger partial charge in [-0.3, -0.25) is 4.79 Å². The fourth-order valence-electron chi connectivity index (χ4n) is 2.77. The van der Waals surface area contributed by atoms with Crippen molar-refractivity contribution >= 4 is 11.9 Å². The van der Waals surface area contributed by atoms with Crippen LogP contribution in [0.4, 0.5) is 10.3 Å². The Balaban J connectivity index is 1.60. The number of carbonyl (C=O) groups is 1. The average molecular weight is 330 g/mol. The average Bonchev–Trinajstić information content (AvgIpc) is 2.59. The second-order valence-corrected chi connectivity index (χ2v) is 5.60. The third-order valence-corrected chi connectivity index (χ3v) is 3.90. The molecule has 24 heavy (non-hydrogen) atoms. The van der Waals surface area contributed by atoms with E-state index in [0.29, 0.717) is 5.69 Å². The lowest BCUT2D eigenvalue weighted by Crippen LogP contribution is -2.31. The number of nitrogens with two attached hydrogens (primary N) is 1. The minimum Gasteiger partial charge on any atom is -0.489 e. The van der Waals surface area contributed by atoms with Gasteiger partial charge in [0, 0.05) is 11.3 Å². The molecule has 1 aromatic heterocycles. The molecule has 7 heteroatoms. The molecule has 1 aromatic carbocycles. The summed E-state index contributed by atoms with van der Waals surface area (Å²) in [5, 5.41) is 2.73. The van der Waals surface area contributed by atoms with E-state index in [4.69, 9.17) is 10.5 Å². The maximum absolute atomic E-state index is 13.4. The van der Waals surface area contributed by atoms with E-state index in [9.17, 15) is 9.18 Å². The number of hydrogen-bond acceptors (Lipinski definition) is 5. The van der Waals surface area contributed by atoms with Gasteiger partial charge in [0.1, 0.15) is 12.3 Å². The number of halogens is 1. The molecule has 0 saturated carbocycles. The number of anilines is 1. The predicted octanol–water partition coefficient (Wildman–Crippen LogP) is 1.89. The summed E-state index contributed by atoms with van der Waals surface area (Å²) in [7, 11) is 0. The molecule has 2 aromatic rings. The molecule has 0 saturated heterocycles. The highest BCUT2D eigenvalue weighted by Gasteiger charge is 2.21. The number of para-hydroxylation sites is 1. The van der Waals surface area contributed by atoms with E-state index in [-0.39, 0.29) is 30.8 Å². The van der Waals surface area contributed by atoms with Crippen LogP contribution in [-0.2, 0) is 12.8 Å². The molecule has 0 atom stereocenters. The van der Waals surface area contributed by atoms with E-state index in [1.165, 1.54) is 6.07 Å². The first-order valence-electron chi connectivity index (χ1n) is 7.96. The van der Waals surface area contributed by atoms with E-state index in [2.05, 4.69) is 15.3 Å². The van der Waals surface area contributed by atoms with Crippen LogP contribution in [0.15, 0.2) is 24.3 Å². The van der Waals surface area contributed by atoms with E-state index in [1.54, 1.807) is 18.2 Å². The van der Waals surface area contributed by atoms with Crippen LogP contribution < -0.4 is 15.8 Å². The highest BCUT2D eigenvalue weighted by molar-refractivity contribution is 5.94. The third kappa shape index (κ3) is 3.61. The molecule has 3 rings (SSSR count). The first-order chi connectivity index (χ1) is 11.6. The van der Waals surface area contributed by atoms with Gasteiger partial charge in [-0.2, -0.15) is 0 Å². The number of carbonyl (C=O) groups excluding carboxylic acids is 1. The molecule has 0 fully saturated rings. The molecule has 1 aliphatic rings. The normalized spacial score (nSPS) is 13.2. The molecule has 6 nitrogen and oxygen atoms in total. The van der Waals surface area contributed by atoms with Gasteiger partial charge in [0.2, 0.25) is 5.95 Å². The lowest BCUT2D eigenvalue weighted by Gasteiger charge is -2.18. The van der Waals surface area contributed by atoms with Crippen LogP contribution in [0.1, 0.15) is 34.6 Å². The van der Waals surface area contributed by atoms with Gasteiger partial charge in [-0.15, -0.1) is 0 Å². The fourth-order valence-corrected chi connectivity index (χ4v) is 2.77. The first kappa shape index (κ1) is 16.2. The number of nitrogen functional groups attached to an aromatic ring is 1. The van der Waals surface area contributed by atoms with Crippen molar-refractivity contribution in [3.63, 3.8) is 0 Å². The minimum absolute atomic E-state index is 0.114. The first-order valence-corrected chi connectivity index (χ1v) is 7.96. The summed E-state index contributed by atoms with van der Waals surface area (Å²) < 4.78 is 18.7. The second kappa shape index (κ2) is 7.25. The molecular formula is C17H19FN4O2. The zero-order chi connectivity index (χ0) is 16.9. The van der Waals surface area contributed by atoms with Crippen molar-refractivity contribution in [3.8, 4) is 5.75 Å². The Kier molecular flexibility index (Phi) is 4.88. The molecule has 0 radical (unpaired) electrons. The summed E-state index contributed by atoms with van der Waals surface area (Å²) in [6.07, 6.45) is 3.65. The number of fused-ring (bicyclic) bond motifs is 1. The number of aryl methyl sites for hydroxylation is 1. The van der Waals surface area contributed by atoms with Gasteiger partial charge in [0.15, 0.2) is 11.6 Å². The van der Waals surface area contributed by atoms with Gasteiger partial charge >= 0.3 is 0 Å². The maximum Gasteiger partial charge on any atom is 0.270 e. The summed E-state index contributed by atoms with van der Waals surface area (Å²) in [6, 6.07) is 6.14. The van der Waals surface area contributed by atoms with Crippen molar-refractivity contribution in [3.05, 3.63) is 47.0 Å². The van der Waals surface area contributed by atoms with Crippen molar-refractivity contribution in [1.29, 1.82) is 0 Å². The highest BCUT2D eigenvalue weighted by atomic mass is 19.1. The van der Waals surface area contributed by atoms with Crippen molar-refractivity contribution in [2.45, 2.75) is 25.7 Å². The smallest absolute Gasteiger partial charge is 0.270 e. The van der Waals surface area contributed by atoms with Gasteiger partial charge in [-0.25, -0.2) is 14.4 Å². The summed E-state index contributed by atoms with van der Waals surface area (Å²) in [5.41, 5.74) is 7.78. The molecule has 0 aliphatic heterocycles. The highest BCUT2D eigenvalue weighted by Crippen LogP contribution is 2.22. The minimum atomic E-state index is -0.429. The number of nitrogens with zero attached hydrogens (tertiary/aromatic N) is 2. The summed E-state index contributed by atoms with van der Waals surface area (Å²) in [4.78, 5) is 20.7. The molecule has 0 unspecified atom stereocenters. The third-order valence-electron chi connectivity index (χ3n) is 3.90. The Morgan fingerprint density at radius 3 is 2.88 bits per heavy atom. The topological polar surface area (TPSA) is 90.1 Å². The van der Waals surface area contributed by atoms with E-state index in [1.807, 2.05) is 0 Å². The van der Waals surface area contributed by atoms with Crippen molar-refractivity contribution in [1.82, 2.24) is 15.3 Å². The second-order valence-electron chi connectivity index (χ2n) is 5.60. The Labute approximate surface area is 139 Å². The summed E-state index contributed by atoms with van der Waals surface area (Å²) >= 11 is 0. The molecule has 0 bridgehead atoms. The molecule has 1 aliphatic carbocycles. The molecule has 1 heterocycles. The number of nitrogens with one attached hydrogen (secondary N) is 1. The van der Waals surface area contributed by atoms with Crippen molar-refractivity contribution in [2.24, 2.45) is 0 Å². The Morgan fingerprint density at radius 1 is 1.25 bits per heavy atom. The lowest BCUT2D eigenvalue weighted by molar-refractivity contribution is 0.0940. The van der Waals surface area contributed by atoms with Gasteiger partial charge < -0.3 is 15.8 Å². The van der Waals surface area contributed by atoms with Gasteiger partial charge in [0.25, 0.3) is 5.91 Å². The number of aromatic nitrogens is 2. The van der Waals surface area contributed by atoms with Crippen LogP contribution in [0, 0.1) is 5.82 Å². The molecule has 3 N–H and O–H groups in total. The molecular weight excluding hydrogens is 311 g/mol. The zero-order valence-electron chi connectivity index (χ0n) is 13.2. The SMILES string of the molecule is Nc1nc2c(c(C(=O)NCCOc3ccccc3F)n1)CCCC2. The van der Waals surface area contributed by atoms with E-state index < -0.39 is 5.82 Å². The summed E-state index contributed by atoms with van der Waals surface area (Å²) in [6.45, 7) is 0.404. The fraction of sp³-hybridized carbons (Fsp3) is 0.353. The zero-order valence-corrected chi connectivity index (χ0v) is 13.2. The van der Waals surface area contributed by atoms with Crippen LogP contribution in [0.5, 0.6) is 5.75 Å². The van der Waals surface area contributed by atoms with Crippen LogP contribution >= 0.6 is 0 Å². The standard InChI is InChI=1S/C17H19FN4O2/c18-12-6-2-4-8-14(12)24-10-9-20-16(23)15-11-5-1-3-7-13(11)21-17(19)22-15/h2,4,6,8H,1,3,5,7,9-10H2,(H,20,23)(H2,19,21,22). The number of amides is 1. The number of hydrogen-bond donors (Lipinski definition) is 2. The van der Waals surface area contributed by atoms with Crippen LogP contribution in [0.2, 0.25) is 0 Å². The van der Waals surface area contributed by atoms with Crippen molar-refractivity contribution in [2.75, 3.05) is 18.9 Å². The quantitative estimate of drug-likeness (QED) is 0.817.